The van der Waals surface area contributed by atoms with E-state index in [1.165, 1.54) is 11.1 Å². The molecule has 0 unspecified atom stereocenters. The third-order valence-corrected chi connectivity index (χ3v) is 3.39. The number of likely N-dealkylation sites (N-methyl/N-ethyl adjacent to an activating group) is 1. The summed E-state index contributed by atoms with van der Waals surface area (Å²) in [5, 5.41) is 0. The first-order chi connectivity index (χ1) is 10.4. The molecule has 0 heterocycles. The van der Waals surface area contributed by atoms with Crippen LogP contribution in [0, 0.1) is 0 Å². The van der Waals surface area contributed by atoms with Crippen molar-refractivity contribution in [2.45, 2.75) is 6.92 Å². The third kappa shape index (κ3) is 5.80. The molecule has 2 rings (SSSR count). The molecule has 0 aliphatic heterocycles. The van der Waals surface area contributed by atoms with E-state index >= 15 is 0 Å². The van der Waals surface area contributed by atoms with Gasteiger partial charge in [0.1, 0.15) is 0 Å². The molecule has 2 aromatic rings. The number of hydrogen-bond donors (Lipinski definition) is 0. The van der Waals surface area contributed by atoms with Crippen molar-refractivity contribution in [2.75, 3.05) is 19.6 Å². The maximum atomic E-state index is 2.40. The lowest BCUT2D eigenvalue weighted by atomic mass is 10.2. The minimum absolute atomic E-state index is 0.977. The first-order valence-electron chi connectivity index (χ1n) is 7.54. The van der Waals surface area contributed by atoms with Crippen LogP contribution >= 0.6 is 0 Å². The zero-order valence-electron chi connectivity index (χ0n) is 12.7. The van der Waals surface area contributed by atoms with Crippen LogP contribution in [0.25, 0.3) is 12.2 Å². The zero-order valence-corrected chi connectivity index (χ0v) is 12.7. The highest BCUT2D eigenvalue weighted by Gasteiger charge is 1.96. The fourth-order valence-electron chi connectivity index (χ4n) is 2.14. The van der Waals surface area contributed by atoms with Gasteiger partial charge in [-0.3, -0.25) is 4.90 Å². The molecule has 0 saturated carbocycles. The summed E-state index contributed by atoms with van der Waals surface area (Å²) in [6.07, 6.45) is 8.83. The van der Waals surface area contributed by atoms with Crippen LogP contribution in [-0.4, -0.2) is 24.5 Å². The molecule has 0 radical (unpaired) electrons. The molecule has 1 nitrogen and oxygen atoms in total. The zero-order chi connectivity index (χ0) is 14.8. The SMILES string of the molecule is CCN(C/C=C/c1ccccc1)C/C=C/c1ccccc1. The molecule has 1 heteroatoms. The fraction of sp³-hybridized carbons (Fsp3) is 0.200. The van der Waals surface area contributed by atoms with Crippen molar-refractivity contribution >= 4 is 12.2 Å². The van der Waals surface area contributed by atoms with Gasteiger partial charge in [-0.25, -0.2) is 0 Å². The van der Waals surface area contributed by atoms with E-state index in [1.807, 2.05) is 12.1 Å². The van der Waals surface area contributed by atoms with E-state index in [1.54, 1.807) is 0 Å². The molecular formula is C20H23N. The second-order valence-corrected chi connectivity index (χ2v) is 4.98. The Hall–Kier alpha value is -2.12. The smallest absolute Gasteiger partial charge is 0.0169 e. The van der Waals surface area contributed by atoms with Crippen LogP contribution in [0.3, 0.4) is 0 Å². The number of nitrogens with zero attached hydrogens (tertiary/aromatic N) is 1. The van der Waals surface area contributed by atoms with Crippen LogP contribution in [0.15, 0.2) is 72.8 Å². The average molecular weight is 277 g/mol. The second kappa shape index (κ2) is 8.93. The molecule has 0 aliphatic rings. The topological polar surface area (TPSA) is 3.24 Å². The maximum absolute atomic E-state index is 2.40. The Morgan fingerprint density at radius 3 is 1.52 bits per heavy atom. The van der Waals surface area contributed by atoms with Gasteiger partial charge >= 0.3 is 0 Å². The molecule has 0 atom stereocenters. The molecule has 0 spiro atoms. The summed E-state index contributed by atoms with van der Waals surface area (Å²) < 4.78 is 0. The van der Waals surface area contributed by atoms with E-state index in [9.17, 15) is 0 Å². The Balaban J connectivity index is 1.81. The molecule has 108 valence electrons. The van der Waals surface area contributed by atoms with Gasteiger partial charge in [0.15, 0.2) is 0 Å². The van der Waals surface area contributed by atoms with Gasteiger partial charge in [-0.15, -0.1) is 0 Å². The molecule has 0 fully saturated rings. The monoisotopic (exact) mass is 277 g/mol. The van der Waals surface area contributed by atoms with Crippen LogP contribution in [0.2, 0.25) is 0 Å². The molecule has 0 N–H and O–H groups in total. The highest BCUT2D eigenvalue weighted by Crippen LogP contribution is 2.03. The first-order valence-corrected chi connectivity index (χ1v) is 7.54. The maximum Gasteiger partial charge on any atom is 0.0169 e. The first kappa shape index (κ1) is 15.3. The predicted molar refractivity (Wildman–Crippen MR) is 93.1 cm³/mol. The van der Waals surface area contributed by atoms with Crippen LogP contribution in [0.4, 0.5) is 0 Å². The van der Waals surface area contributed by atoms with Gasteiger partial charge in [0.05, 0.1) is 0 Å². The molecule has 0 aliphatic carbocycles. The standard InChI is InChI=1S/C20H23N/c1-2-21(17-9-15-19-11-5-3-6-12-19)18-10-16-20-13-7-4-8-14-20/h3-16H,2,17-18H2,1H3/b15-9+,16-10+. The van der Waals surface area contributed by atoms with E-state index < -0.39 is 0 Å². The van der Waals surface area contributed by atoms with Crippen molar-refractivity contribution in [1.29, 1.82) is 0 Å². The van der Waals surface area contributed by atoms with Crippen molar-refractivity contribution in [3.63, 3.8) is 0 Å². The summed E-state index contributed by atoms with van der Waals surface area (Å²) >= 11 is 0. The van der Waals surface area contributed by atoms with Gasteiger partial charge in [0.25, 0.3) is 0 Å². The second-order valence-electron chi connectivity index (χ2n) is 4.98. The normalized spacial score (nSPS) is 11.7. The molecular weight excluding hydrogens is 254 g/mol. The summed E-state index contributed by atoms with van der Waals surface area (Å²) in [5.41, 5.74) is 2.52. The summed E-state index contributed by atoms with van der Waals surface area (Å²) in [4.78, 5) is 2.40. The van der Waals surface area contributed by atoms with Crippen molar-refractivity contribution in [2.24, 2.45) is 0 Å². The predicted octanol–water partition coefficient (Wildman–Crippen LogP) is 4.74. The van der Waals surface area contributed by atoms with E-state index in [-0.39, 0.29) is 0 Å². The average Bonchev–Trinajstić information content (AvgIpc) is 2.55. The van der Waals surface area contributed by atoms with Crippen molar-refractivity contribution in [1.82, 2.24) is 4.90 Å². The molecule has 0 aromatic heterocycles. The van der Waals surface area contributed by atoms with Gasteiger partial charge in [-0.1, -0.05) is 91.9 Å². The Morgan fingerprint density at radius 1 is 0.714 bits per heavy atom. The van der Waals surface area contributed by atoms with E-state index in [0.29, 0.717) is 0 Å². The Morgan fingerprint density at radius 2 is 1.14 bits per heavy atom. The summed E-state index contributed by atoms with van der Waals surface area (Å²) in [5.74, 6) is 0. The number of rotatable bonds is 7. The lowest BCUT2D eigenvalue weighted by Crippen LogP contribution is -2.23. The van der Waals surface area contributed by atoms with Gasteiger partial charge in [-0.2, -0.15) is 0 Å². The highest BCUT2D eigenvalue weighted by atomic mass is 15.1. The van der Waals surface area contributed by atoms with Crippen LogP contribution in [-0.2, 0) is 0 Å². The van der Waals surface area contributed by atoms with Crippen molar-refractivity contribution in [3.05, 3.63) is 83.9 Å². The molecule has 0 amide bonds. The number of hydrogen-bond acceptors (Lipinski definition) is 1. The van der Waals surface area contributed by atoms with Crippen LogP contribution in [0.1, 0.15) is 18.1 Å². The summed E-state index contributed by atoms with van der Waals surface area (Å²) in [6.45, 7) is 5.21. The summed E-state index contributed by atoms with van der Waals surface area (Å²) in [7, 11) is 0. The number of benzene rings is 2. The van der Waals surface area contributed by atoms with Crippen LogP contribution < -0.4 is 0 Å². The Labute approximate surface area is 128 Å². The Bertz CT molecular complexity index is 503. The molecule has 21 heavy (non-hydrogen) atoms. The minimum Gasteiger partial charge on any atom is -0.296 e. The van der Waals surface area contributed by atoms with Gasteiger partial charge < -0.3 is 0 Å². The van der Waals surface area contributed by atoms with Crippen LogP contribution in [0.5, 0.6) is 0 Å². The van der Waals surface area contributed by atoms with Gasteiger partial charge in [0.2, 0.25) is 0 Å². The van der Waals surface area contributed by atoms with E-state index in [2.05, 4.69) is 84.7 Å². The van der Waals surface area contributed by atoms with Crippen molar-refractivity contribution < 1.29 is 0 Å². The Kier molecular flexibility index (Phi) is 6.50. The van der Waals surface area contributed by atoms with Gasteiger partial charge in [0, 0.05) is 13.1 Å². The highest BCUT2D eigenvalue weighted by molar-refractivity contribution is 5.49. The van der Waals surface area contributed by atoms with Crippen molar-refractivity contribution in [3.8, 4) is 0 Å². The molecule has 0 bridgehead atoms. The fourth-order valence-corrected chi connectivity index (χ4v) is 2.14. The molecule has 2 aromatic carbocycles. The third-order valence-electron chi connectivity index (χ3n) is 3.39. The van der Waals surface area contributed by atoms with Gasteiger partial charge in [-0.05, 0) is 17.7 Å². The minimum atomic E-state index is 0.977. The largest absolute Gasteiger partial charge is 0.296 e. The lowest BCUT2D eigenvalue weighted by Gasteiger charge is -2.15. The lowest BCUT2D eigenvalue weighted by molar-refractivity contribution is 0.355. The summed E-state index contributed by atoms with van der Waals surface area (Å²) in [6, 6.07) is 20.9. The molecule has 0 saturated heterocycles. The quantitative estimate of drug-likeness (QED) is 0.707. The van der Waals surface area contributed by atoms with E-state index in [0.717, 1.165) is 19.6 Å². The van der Waals surface area contributed by atoms with E-state index in [4.69, 9.17) is 0 Å².